The Balaban J connectivity index is 1.98. The van der Waals surface area contributed by atoms with Gasteiger partial charge in [0.05, 0.1) is 4.90 Å². The summed E-state index contributed by atoms with van der Waals surface area (Å²) in [6.07, 6.45) is 0.746. The van der Waals surface area contributed by atoms with Gasteiger partial charge in [-0.1, -0.05) is 0 Å². The van der Waals surface area contributed by atoms with Crippen molar-refractivity contribution in [2.24, 2.45) is 0 Å². The van der Waals surface area contributed by atoms with Crippen molar-refractivity contribution in [3.63, 3.8) is 0 Å². The molecule has 1 fully saturated rings. The van der Waals surface area contributed by atoms with E-state index in [4.69, 9.17) is 4.74 Å². The molecule has 1 amide bonds. The smallest absolute Gasteiger partial charge is 0.332 e. The van der Waals surface area contributed by atoms with Gasteiger partial charge in [0.15, 0.2) is 6.10 Å². The molecule has 0 saturated carbocycles. The number of carbonyl (C=O) groups is 2. The molecule has 8 nitrogen and oxygen atoms in total. The Morgan fingerprint density at radius 2 is 1.80 bits per heavy atom. The van der Waals surface area contributed by atoms with Crippen LogP contribution in [0, 0.1) is 0 Å². The van der Waals surface area contributed by atoms with Crippen LogP contribution in [-0.4, -0.2) is 57.5 Å². The number of rotatable bonds is 7. The number of hydrogen-bond donors (Lipinski definition) is 1. The maximum Gasteiger partial charge on any atom is 0.332 e. The summed E-state index contributed by atoms with van der Waals surface area (Å²) in [7, 11) is -2.13. The number of carbonyl (C=O) groups excluding carboxylic acids is 2. The number of benzene rings is 1. The quantitative estimate of drug-likeness (QED) is 0.718. The first-order chi connectivity index (χ1) is 11.8. The van der Waals surface area contributed by atoms with Crippen molar-refractivity contribution in [2.45, 2.75) is 30.8 Å². The molecule has 0 radical (unpaired) electrons. The van der Waals surface area contributed by atoms with Crippen LogP contribution in [0.3, 0.4) is 0 Å². The van der Waals surface area contributed by atoms with Gasteiger partial charge in [0, 0.05) is 25.9 Å². The summed E-state index contributed by atoms with van der Waals surface area (Å²) in [6.45, 7) is 2.27. The van der Waals surface area contributed by atoms with Crippen LogP contribution in [0.2, 0.25) is 0 Å². The largest absolute Gasteiger partial charge is 0.451 e. The van der Waals surface area contributed by atoms with Gasteiger partial charge in [-0.15, -0.1) is 0 Å². The summed E-state index contributed by atoms with van der Waals surface area (Å²) in [5, 5.41) is 2.57. The van der Waals surface area contributed by atoms with Crippen LogP contribution in [0.15, 0.2) is 29.2 Å². The highest BCUT2D eigenvalue weighted by Gasteiger charge is 2.27. The summed E-state index contributed by atoms with van der Waals surface area (Å²) in [5.74, 6) is -1.16. The van der Waals surface area contributed by atoms with E-state index in [1.165, 1.54) is 42.6 Å². The van der Waals surface area contributed by atoms with Gasteiger partial charge in [-0.2, -0.15) is 4.31 Å². The highest BCUT2D eigenvalue weighted by molar-refractivity contribution is 7.89. The van der Waals surface area contributed by atoms with E-state index in [0.717, 1.165) is 12.8 Å². The molecule has 1 heterocycles. The van der Waals surface area contributed by atoms with E-state index < -0.39 is 28.0 Å². The Labute approximate surface area is 147 Å². The molecule has 25 heavy (non-hydrogen) atoms. The van der Waals surface area contributed by atoms with Gasteiger partial charge >= 0.3 is 5.97 Å². The van der Waals surface area contributed by atoms with E-state index in [9.17, 15) is 18.0 Å². The van der Waals surface area contributed by atoms with Crippen molar-refractivity contribution in [3.05, 3.63) is 24.3 Å². The molecule has 0 aliphatic carbocycles. The first kappa shape index (κ1) is 19.4. The van der Waals surface area contributed by atoms with Crippen molar-refractivity contribution in [3.8, 4) is 0 Å². The van der Waals surface area contributed by atoms with Crippen LogP contribution >= 0.6 is 0 Å². The first-order valence-corrected chi connectivity index (χ1v) is 9.38. The van der Waals surface area contributed by atoms with E-state index in [2.05, 4.69) is 10.1 Å². The van der Waals surface area contributed by atoms with E-state index in [0.29, 0.717) is 18.8 Å². The molecule has 0 aromatic heterocycles. The van der Waals surface area contributed by atoms with Crippen LogP contribution in [0.25, 0.3) is 0 Å². The lowest BCUT2D eigenvalue weighted by Crippen LogP contribution is -2.31. The maximum atomic E-state index is 12.4. The summed E-state index contributed by atoms with van der Waals surface area (Å²) >= 11 is 0. The number of hydrogen-bond acceptors (Lipinski definition) is 6. The zero-order chi connectivity index (χ0) is 18.4. The first-order valence-electron chi connectivity index (χ1n) is 7.94. The number of nitrogens with zero attached hydrogens (tertiary/aromatic N) is 1. The topological polar surface area (TPSA) is 102 Å². The predicted octanol–water partition coefficient (Wildman–Crippen LogP) is 0.988. The van der Waals surface area contributed by atoms with Gasteiger partial charge in [-0.05, 0) is 44.0 Å². The Morgan fingerprint density at radius 1 is 1.20 bits per heavy atom. The summed E-state index contributed by atoms with van der Waals surface area (Å²) in [5.41, 5.74) is 0.417. The van der Waals surface area contributed by atoms with Crippen LogP contribution in [-0.2, 0) is 29.1 Å². The Bertz CT molecular complexity index is 711. The SMILES string of the molecule is COCC(=O)O[C@@H](C)C(=O)Nc1ccc(S(=O)(=O)N2CCCC2)cc1. The third-order valence-corrected chi connectivity index (χ3v) is 5.68. The number of esters is 1. The fourth-order valence-corrected chi connectivity index (χ4v) is 3.95. The summed E-state index contributed by atoms with van der Waals surface area (Å²) < 4.78 is 35.8. The molecule has 9 heteroatoms. The average Bonchev–Trinajstić information content (AvgIpc) is 3.10. The molecule has 138 valence electrons. The number of sulfonamides is 1. The number of ether oxygens (including phenoxy) is 2. The Morgan fingerprint density at radius 3 is 2.36 bits per heavy atom. The molecule has 1 aliphatic rings. The summed E-state index contributed by atoms with van der Waals surface area (Å²) in [6, 6.07) is 5.91. The van der Waals surface area contributed by atoms with Crippen LogP contribution in [0.5, 0.6) is 0 Å². The molecular weight excluding hydrogens is 348 g/mol. The zero-order valence-corrected chi connectivity index (χ0v) is 15.0. The number of nitrogens with one attached hydrogen (secondary N) is 1. The molecule has 2 rings (SSSR count). The van der Waals surface area contributed by atoms with Crippen LogP contribution < -0.4 is 5.32 Å². The zero-order valence-electron chi connectivity index (χ0n) is 14.2. The molecule has 0 bridgehead atoms. The number of methoxy groups -OCH3 is 1. The minimum atomic E-state index is -3.49. The van der Waals surface area contributed by atoms with Gasteiger partial charge in [0.25, 0.3) is 5.91 Å². The van der Waals surface area contributed by atoms with E-state index in [-0.39, 0.29) is 11.5 Å². The average molecular weight is 370 g/mol. The third kappa shape index (κ3) is 5.00. The Hall–Kier alpha value is -1.97. The van der Waals surface area contributed by atoms with Gasteiger partial charge in [0.1, 0.15) is 6.61 Å². The van der Waals surface area contributed by atoms with Crippen molar-refractivity contribution < 1.29 is 27.5 Å². The van der Waals surface area contributed by atoms with Crippen molar-refractivity contribution in [1.82, 2.24) is 4.31 Å². The normalized spacial score (nSPS) is 16.4. The van der Waals surface area contributed by atoms with Crippen molar-refractivity contribution in [2.75, 3.05) is 32.1 Å². The molecule has 0 unspecified atom stereocenters. The standard InChI is InChI=1S/C16H22N2O6S/c1-12(24-15(19)11-23-2)16(20)17-13-5-7-14(8-6-13)25(21,22)18-9-3-4-10-18/h5-8,12H,3-4,9-11H2,1-2H3,(H,17,20)/t12-/m0/s1. The minimum Gasteiger partial charge on any atom is -0.451 e. The van der Waals surface area contributed by atoms with Gasteiger partial charge in [-0.25, -0.2) is 13.2 Å². The van der Waals surface area contributed by atoms with E-state index in [1.807, 2.05) is 0 Å². The van der Waals surface area contributed by atoms with Gasteiger partial charge in [0.2, 0.25) is 10.0 Å². The van der Waals surface area contributed by atoms with Gasteiger partial charge in [-0.3, -0.25) is 4.79 Å². The molecule has 1 aromatic rings. The highest BCUT2D eigenvalue weighted by atomic mass is 32.2. The molecule has 1 aromatic carbocycles. The van der Waals surface area contributed by atoms with E-state index >= 15 is 0 Å². The lowest BCUT2D eigenvalue weighted by Gasteiger charge is -2.16. The van der Waals surface area contributed by atoms with E-state index in [1.54, 1.807) is 0 Å². The lowest BCUT2D eigenvalue weighted by atomic mass is 10.3. The molecule has 1 aliphatic heterocycles. The molecule has 1 atom stereocenters. The van der Waals surface area contributed by atoms with Crippen molar-refractivity contribution in [1.29, 1.82) is 0 Å². The van der Waals surface area contributed by atoms with Crippen LogP contribution in [0.1, 0.15) is 19.8 Å². The predicted molar refractivity (Wildman–Crippen MR) is 90.5 cm³/mol. The highest BCUT2D eigenvalue weighted by Crippen LogP contribution is 2.22. The summed E-state index contributed by atoms with van der Waals surface area (Å²) in [4.78, 5) is 23.5. The lowest BCUT2D eigenvalue weighted by molar-refractivity contribution is -0.156. The monoisotopic (exact) mass is 370 g/mol. The van der Waals surface area contributed by atoms with Gasteiger partial charge < -0.3 is 14.8 Å². The molecule has 1 saturated heterocycles. The molecule has 0 spiro atoms. The minimum absolute atomic E-state index is 0.187. The second-order valence-electron chi connectivity index (χ2n) is 5.69. The second kappa shape index (κ2) is 8.41. The number of amides is 1. The molecular formula is C16H22N2O6S. The van der Waals surface area contributed by atoms with Crippen molar-refractivity contribution >= 4 is 27.6 Å². The van der Waals surface area contributed by atoms with Crippen LogP contribution in [0.4, 0.5) is 5.69 Å². The molecule has 1 N–H and O–H groups in total. The fourth-order valence-electron chi connectivity index (χ4n) is 2.43. The Kier molecular flexibility index (Phi) is 6.51. The maximum absolute atomic E-state index is 12.4. The second-order valence-corrected chi connectivity index (χ2v) is 7.63. The third-order valence-electron chi connectivity index (χ3n) is 3.76. The fraction of sp³-hybridized carbons (Fsp3) is 0.500. The number of anilines is 1.